The van der Waals surface area contributed by atoms with Crippen LogP contribution in [0.4, 0.5) is 23.2 Å². The summed E-state index contributed by atoms with van der Waals surface area (Å²) in [6, 6.07) is 0. The van der Waals surface area contributed by atoms with Crippen LogP contribution in [0.1, 0.15) is 24.2 Å². The summed E-state index contributed by atoms with van der Waals surface area (Å²) in [5.41, 5.74) is 16.5. The molecule has 0 heterocycles. The first-order valence-corrected chi connectivity index (χ1v) is 10.2. The lowest BCUT2D eigenvalue weighted by Gasteiger charge is -2.29. The van der Waals surface area contributed by atoms with Gasteiger partial charge in [-0.3, -0.25) is 0 Å². The van der Waals surface area contributed by atoms with E-state index in [1.54, 1.807) is 13.8 Å². The predicted octanol–water partition coefficient (Wildman–Crippen LogP) is 3.36. The summed E-state index contributed by atoms with van der Waals surface area (Å²) >= 11 is 5.28. The first-order chi connectivity index (χ1) is 12.5. The first kappa shape index (κ1) is 23.3. The molecule has 150 valence electrons. The van der Waals surface area contributed by atoms with Crippen molar-refractivity contribution in [2.75, 3.05) is 13.2 Å². The molecule has 0 aliphatic carbocycles. The second kappa shape index (κ2) is 9.45. The van der Waals surface area contributed by atoms with E-state index >= 15 is 0 Å². The third-order valence-corrected chi connectivity index (χ3v) is 8.50. The fourth-order valence-corrected chi connectivity index (χ4v) is 3.72. The molecule has 0 fully saturated rings. The SMILES string of the molecule is CC(N)P(=S)(OCCOC(=O)c1c(F)c(F)c(N=[N+]=[N-])c(F)c1F)C(C)N. The maximum Gasteiger partial charge on any atom is 0.344 e. The summed E-state index contributed by atoms with van der Waals surface area (Å²) in [5.74, 6) is -11.0. The molecule has 0 saturated heterocycles. The Labute approximate surface area is 156 Å². The number of carbonyl (C=O) groups is 1. The molecule has 2 atom stereocenters. The second-order valence-corrected chi connectivity index (χ2v) is 10.2. The second-order valence-electron chi connectivity index (χ2n) is 5.26. The summed E-state index contributed by atoms with van der Waals surface area (Å²) in [7, 11) is 0. The minimum Gasteiger partial charge on any atom is -0.459 e. The van der Waals surface area contributed by atoms with Crippen LogP contribution < -0.4 is 11.5 Å². The van der Waals surface area contributed by atoms with Crippen molar-refractivity contribution in [2.24, 2.45) is 16.6 Å². The minimum atomic E-state index is -2.66. The number of nitrogens with two attached hydrogens (primary N) is 2. The van der Waals surface area contributed by atoms with Crippen molar-refractivity contribution in [3.8, 4) is 0 Å². The van der Waals surface area contributed by atoms with Crippen LogP contribution >= 0.6 is 6.26 Å². The smallest absolute Gasteiger partial charge is 0.344 e. The van der Waals surface area contributed by atoms with Crippen LogP contribution in [0, 0.1) is 23.3 Å². The van der Waals surface area contributed by atoms with Crippen LogP contribution in [0.3, 0.4) is 0 Å². The van der Waals surface area contributed by atoms with Gasteiger partial charge in [0.25, 0.3) is 0 Å². The molecule has 1 aromatic rings. The van der Waals surface area contributed by atoms with Gasteiger partial charge in [-0.25, -0.2) is 22.4 Å². The monoisotopic (exact) mass is 429 g/mol. The summed E-state index contributed by atoms with van der Waals surface area (Å²) < 4.78 is 65.0. The molecule has 0 spiro atoms. The fraction of sp³-hybridized carbons (Fsp3) is 0.462. The molecule has 14 heteroatoms. The van der Waals surface area contributed by atoms with Crippen LogP contribution in [0.5, 0.6) is 0 Å². The Kier molecular flexibility index (Phi) is 8.15. The lowest BCUT2D eigenvalue weighted by atomic mass is 10.1. The lowest BCUT2D eigenvalue weighted by molar-refractivity contribution is 0.0441. The average molecular weight is 429 g/mol. The molecule has 0 aromatic heterocycles. The van der Waals surface area contributed by atoms with Crippen molar-refractivity contribution < 1.29 is 31.6 Å². The third kappa shape index (κ3) is 4.95. The van der Waals surface area contributed by atoms with Gasteiger partial charge >= 0.3 is 5.97 Å². The Balaban J connectivity index is 2.94. The summed E-state index contributed by atoms with van der Waals surface area (Å²) in [4.78, 5) is 13.8. The van der Waals surface area contributed by atoms with Gasteiger partial charge in [-0.15, -0.1) is 0 Å². The molecule has 0 saturated carbocycles. The number of esters is 1. The van der Waals surface area contributed by atoms with E-state index in [0.29, 0.717) is 0 Å². The predicted molar refractivity (Wildman–Crippen MR) is 92.9 cm³/mol. The Bertz CT molecular complexity index is 792. The van der Waals surface area contributed by atoms with Crippen molar-refractivity contribution in [1.29, 1.82) is 0 Å². The number of benzene rings is 1. The number of rotatable bonds is 8. The van der Waals surface area contributed by atoms with Gasteiger partial charge in [0.1, 0.15) is 17.9 Å². The number of azide groups is 1. The maximum absolute atomic E-state index is 13.8. The molecule has 27 heavy (non-hydrogen) atoms. The summed E-state index contributed by atoms with van der Waals surface area (Å²) in [5, 5.41) is 2.51. The van der Waals surface area contributed by atoms with Crippen LogP contribution in [0.2, 0.25) is 0 Å². The largest absolute Gasteiger partial charge is 0.459 e. The topological polar surface area (TPSA) is 136 Å². The van der Waals surface area contributed by atoms with E-state index in [4.69, 9.17) is 33.3 Å². The normalized spacial score (nSPS) is 15.4. The fourth-order valence-electron chi connectivity index (χ4n) is 1.92. The van der Waals surface area contributed by atoms with Crippen molar-refractivity contribution in [3.63, 3.8) is 0 Å². The van der Waals surface area contributed by atoms with Crippen molar-refractivity contribution in [1.82, 2.24) is 0 Å². The Hall–Kier alpha value is -1.75. The van der Waals surface area contributed by atoms with Gasteiger partial charge in [0.15, 0.2) is 23.3 Å². The van der Waals surface area contributed by atoms with Crippen molar-refractivity contribution in [2.45, 2.75) is 25.4 Å². The molecule has 0 radical (unpaired) electrons. The van der Waals surface area contributed by atoms with Crippen LogP contribution in [-0.4, -0.2) is 30.7 Å². The molecule has 0 aliphatic rings. The van der Waals surface area contributed by atoms with Crippen molar-refractivity contribution in [3.05, 3.63) is 39.3 Å². The molecule has 1 rings (SSSR count). The van der Waals surface area contributed by atoms with Gasteiger partial charge in [-0.2, -0.15) is 0 Å². The molecular weight excluding hydrogens is 413 g/mol. The van der Waals surface area contributed by atoms with Gasteiger partial charge in [0.05, 0.1) is 24.4 Å². The van der Waals surface area contributed by atoms with E-state index in [-0.39, 0.29) is 6.61 Å². The highest BCUT2D eigenvalue weighted by molar-refractivity contribution is 8.12. The lowest BCUT2D eigenvalue weighted by Crippen LogP contribution is -2.29. The van der Waals surface area contributed by atoms with E-state index in [2.05, 4.69) is 9.85 Å². The van der Waals surface area contributed by atoms with Gasteiger partial charge in [0.2, 0.25) is 0 Å². The summed E-state index contributed by atoms with van der Waals surface area (Å²) in [6.45, 7) is 2.36. The van der Waals surface area contributed by atoms with E-state index in [1.807, 2.05) is 4.91 Å². The van der Waals surface area contributed by atoms with E-state index in [1.165, 1.54) is 0 Å². The third-order valence-electron chi connectivity index (χ3n) is 3.33. The minimum absolute atomic E-state index is 0.295. The van der Waals surface area contributed by atoms with Gasteiger partial charge in [0, 0.05) is 4.91 Å². The highest BCUT2D eigenvalue weighted by atomic mass is 32.4. The molecule has 8 nitrogen and oxygen atoms in total. The van der Waals surface area contributed by atoms with Gasteiger partial charge < -0.3 is 20.7 Å². The number of carbonyl (C=O) groups excluding carboxylic acids is 1. The number of nitrogens with zero attached hydrogens (tertiary/aromatic N) is 3. The number of hydrogen-bond donors (Lipinski definition) is 2. The first-order valence-electron chi connectivity index (χ1n) is 7.32. The van der Waals surface area contributed by atoms with Crippen LogP contribution in [0.15, 0.2) is 5.11 Å². The van der Waals surface area contributed by atoms with Crippen molar-refractivity contribution >= 4 is 29.7 Å². The Morgan fingerprint density at radius 1 is 1.15 bits per heavy atom. The average Bonchev–Trinajstić information content (AvgIpc) is 2.60. The van der Waals surface area contributed by atoms with Crippen LogP contribution in [-0.2, 0) is 21.1 Å². The molecule has 1 aromatic carbocycles. The highest BCUT2D eigenvalue weighted by Gasteiger charge is 2.31. The van der Waals surface area contributed by atoms with E-state index in [9.17, 15) is 22.4 Å². The summed E-state index contributed by atoms with van der Waals surface area (Å²) in [6.07, 6.45) is -2.66. The van der Waals surface area contributed by atoms with Crippen LogP contribution in [0.25, 0.3) is 10.4 Å². The standard InChI is InChI=1S/C13H16F4N5O3PS/c1-5(18)26(27,6(2)19)25-4-3-24-13(23)7-8(14)10(16)12(21-22-20)11(17)9(7)15/h5-6H,3-4,18-19H2,1-2H3. The highest BCUT2D eigenvalue weighted by Crippen LogP contribution is 2.52. The molecule has 2 unspecified atom stereocenters. The molecule has 0 amide bonds. The zero-order valence-corrected chi connectivity index (χ0v) is 15.9. The Morgan fingerprint density at radius 3 is 2.04 bits per heavy atom. The molecule has 4 N–H and O–H groups in total. The maximum atomic E-state index is 13.8. The van der Waals surface area contributed by atoms with E-state index < -0.39 is 64.9 Å². The number of ether oxygens (including phenoxy) is 1. The van der Waals surface area contributed by atoms with Gasteiger partial charge in [-0.1, -0.05) is 16.9 Å². The molecule has 0 aliphatic heterocycles. The molecular formula is C13H16F4N5O3PS. The van der Waals surface area contributed by atoms with E-state index in [0.717, 1.165) is 0 Å². The van der Waals surface area contributed by atoms with Gasteiger partial charge in [-0.05, 0) is 19.4 Å². The zero-order valence-electron chi connectivity index (χ0n) is 14.2. The Morgan fingerprint density at radius 2 is 1.63 bits per heavy atom. The quantitative estimate of drug-likeness (QED) is 0.0950. The molecule has 0 bridgehead atoms. The number of halogens is 4. The number of hydrogen-bond acceptors (Lipinski definition) is 7. The zero-order chi connectivity index (χ0) is 20.9.